The third kappa shape index (κ3) is 4.48. The van der Waals surface area contributed by atoms with Crippen molar-refractivity contribution in [3.63, 3.8) is 0 Å². The Balaban J connectivity index is 1.34. The number of nitrogens with one attached hydrogen (secondary N) is 1. The van der Waals surface area contributed by atoms with Crippen LogP contribution in [0.3, 0.4) is 0 Å². The van der Waals surface area contributed by atoms with Gasteiger partial charge in [-0.2, -0.15) is 19.0 Å². The first kappa shape index (κ1) is 20.0. The zero-order valence-corrected chi connectivity index (χ0v) is 16.4. The van der Waals surface area contributed by atoms with Gasteiger partial charge in [0.1, 0.15) is 0 Å². The maximum Gasteiger partial charge on any atom is 0.414 e. The van der Waals surface area contributed by atoms with Crippen LogP contribution in [0.1, 0.15) is 37.3 Å². The second-order valence-corrected chi connectivity index (χ2v) is 8.90. The number of likely N-dealkylation sites (tertiary alicyclic amines) is 1. The highest BCUT2D eigenvalue weighted by atomic mass is 32.2. The van der Waals surface area contributed by atoms with Crippen LogP contribution in [0, 0.1) is 5.92 Å². The van der Waals surface area contributed by atoms with Crippen molar-refractivity contribution < 1.29 is 18.1 Å². The lowest BCUT2D eigenvalue weighted by Crippen LogP contribution is -2.47. The summed E-state index contributed by atoms with van der Waals surface area (Å²) in [4.78, 5) is 18.0. The third-order valence-corrected chi connectivity index (χ3v) is 6.81. The lowest BCUT2D eigenvalue weighted by molar-refractivity contribution is 0.000430. The van der Waals surface area contributed by atoms with Gasteiger partial charge in [-0.25, -0.2) is 4.79 Å². The molecule has 154 valence electrons. The Hall–Kier alpha value is -2.33. The summed E-state index contributed by atoms with van der Waals surface area (Å²) in [5.41, 5.74) is 1.36. The van der Waals surface area contributed by atoms with Gasteiger partial charge in [0.15, 0.2) is 4.90 Å². The highest BCUT2D eigenvalue weighted by Gasteiger charge is 2.53. The second kappa shape index (κ2) is 8.19. The Bertz CT molecular complexity index is 843. The molecule has 1 saturated carbocycles. The van der Waals surface area contributed by atoms with Gasteiger partial charge < -0.3 is 14.8 Å². The first-order chi connectivity index (χ1) is 13.9. The monoisotopic (exact) mass is 421 g/mol. The summed E-state index contributed by atoms with van der Waals surface area (Å²) in [7, 11) is 0. The molecule has 0 radical (unpaired) electrons. The lowest BCUT2D eigenvalue weighted by atomic mass is 9.97. The minimum Gasteiger partial charge on any atom is -0.607 e. The number of anilines is 1. The molecular formula is C19H21F2N5O2S. The van der Waals surface area contributed by atoms with Crippen molar-refractivity contribution in [1.82, 2.24) is 20.1 Å². The van der Waals surface area contributed by atoms with Crippen LogP contribution in [-0.4, -0.2) is 49.0 Å². The third-order valence-electron chi connectivity index (χ3n) is 5.31. The van der Waals surface area contributed by atoms with E-state index in [-0.39, 0.29) is 36.9 Å². The number of carbonyl (C=O) groups is 1. The van der Waals surface area contributed by atoms with Gasteiger partial charge in [0.2, 0.25) is 0 Å². The van der Waals surface area contributed by atoms with E-state index in [9.17, 15) is 18.1 Å². The molecule has 1 N–H and O–H groups in total. The van der Waals surface area contributed by atoms with E-state index in [0.717, 1.165) is 18.5 Å². The van der Waals surface area contributed by atoms with Gasteiger partial charge >= 0.3 is 11.3 Å². The van der Waals surface area contributed by atoms with E-state index in [0.29, 0.717) is 11.6 Å². The van der Waals surface area contributed by atoms with Crippen LogP contribution in [0.4, 0.5) is 19.3 Å². The average molecular weight is 421 g/mol. The highest BCUT2D eigenvalue weighted by molar-refractivity contribution is 7.92. The van der Waals surface area contributed by atoms with E-state index in [2.05, 4.69) is 20.5 Å². The van der Waals surface area contributed by atoms with Gasteiger partial charge in [0.25, 0.3) is 0 Å². The average Bonchev–Trinajstić information content (AvgIpc) is 3.59. The molecule has 1 saturated heterocycles. The Kier molecular flexibility index (Phi) is 5.64. The lowest BCUT2D eigenvalue weighted by Gasteiger charge is -2.35. The SMILES string of the molecule is O=C(Nc1ccnnc1)N1CCC(C(F)(F)[S+]([O-])c2ccc(C3CC3)nc2)CC1. The summed E-state index contributed by atoms with van der Waals surface area (Å²) in [5.74, 6) is -0.644. The van der Waals surface area contributed by atoms with Gasteiger partial charge in [0, 0.05) is 24.7 Å². The number of halogens is 2. The van der Waals surface area contributed by atoms with Crippen LogP contribution in [0.15, 0.2) is 41.7 Å². The Morgan fingerprint density at radius 1 is 1.14 bits per heavy atom. The zero-order chi connectivity index (χ0) is 20.4. The fourth-order valence-corrected chi connectivity index (χ4v) is 4.61. The fraction of sp³-hybridized carbons (Fsp3) is 0.474. The molecule has 1 aliphatic carbocycles. The molecule has 2 aromatic heterocycles. The van der Waals surface area contributed by atoms with Crippen molar-refractivity contribution in [2.24, 2.45) is 5.92 Å². The van der Waals surface area contributed by atoms with Crippen LogP contribution in [0.5, 0.6) is 0 Å². The molecule has 2 fully saturated rings. The van der Waals surface area contributed by atoms with Gasteiger partial charge in [-0.3, -0.25) is 4.98 Å². The van der Waals surface area contributed by atoms with Crippen LogP contribution in [0.2, 0.25) is 0 Å². The minimum atomic E-state index is -3.37. The first-order valence-electron chi connectivity index (χ1n) is 9.53. The van der Waals surface area contributed by atoms with E-state index >= 15 is 0 Å². The highest BCUT2D eigenvalue weighted by Crippen LogP contribution is 2.42. The number of carbonyl (C=O) groups excluding carboxylic acids is 1. The van der Waals surface area contributed by atoms with Crippen molar-refractivity contribution in [2.45, 2.75) is 41.8 Å². The van der Waals surface area contributed by atoms with E-state index in [4.69, 9.17) is 0 Å². The summed E-state index contributed by atoms with van der Waals surface area (Å²) in [6.07, 6.45) is 6.45. The minimum absolute atomic E-state index is 0.0461. The summed E-state index contributed by atoms with van der Waals surface area (Å²) in [5, 5.41) is 6.59. The molecule has 7 nitrogen and oxygen atoms in total. The number of rotatable bonds is 5. The van der Waals surface area contributed by atoms with E-state index in [1.54, 1.807) is 12.1 Å². The number of piperidine rings is 1. The number of aromatic nitrogens is 3. The Morgan fingerprint density at radius 3 is 2.48 bits per heavy atom. The van der Waals surface area contributed by atoms with Crippen LogP contribution in [0.25, 0.3) is 0 Å². The number of nitrogens with zero attached hydrogens (tertiary/aromatic N) is 4. The van der Waals surface area contributed by atoms with Gasteiger partial charge in [0.05, 0.1) is 41.4 Å². The van der Waals surface area contributed by atoms with E-state index < -0.39 is 22.3 Å². The number of pyridine rings is 1. The largest absolute Gasteiger partial charge is 0.607 e. The van der Waals surface area contributed by atoms with Gasteiger partial charge in [-0.15, -0.1) is 0 Å². The van der Waals surface area contributed by atoms with Crippen LogP contribution in [-0.2, 0) is 11.2 Å². The van der Waals surface area contributed by atoms with Crippen molar-refractivity contribution in [2.75, 3.05) is 18.4 Å². The molecule has 2 aromatic rings. The summed E-state index contributed by atoms with van der Waals surface area (Å²) in [6.45, 7) is 0.335. The number of hydrogen-bond donors (Lipinski definition) is 1. The molecule has 1 unspecified atom stereocenters. The molecule has 2 aliphatic rings. The summed E-state index contributed by atoms with van der Waals surface area (Å²) in [6, 6.07) is 4.41. The molecule has 0 bridgehead atoms. The molecule has 0 aromatic carbocycles. The van der Waals surface area contributed by atoms with E-state index in [1.165, 1.54) is 29.6 Å². The quantitative estimate of drug-likeness (QED) is 0.747. The number of hydrogen-bond acceptors (Lipinski definition) is 5. The maximum atomic E-state index is 14.9. The number of alkyl halides is 2. The smallest absolute Gasteiger partial charge is 0.414 e. The molecule has 2 amide bonds. The topological polar surface area (TPSA) is 94.1 Å². The predicted octanol–water partition coefficient (Wildman–Crippen LogP) is 3.39. The second-order valence-electron chi connectivity index (χ2n) is 7.35. The van der Waals surface area contributed by atoms with Crippen LogP contribution < -0.4 is 5.32 Å². The maximum absolute atomic E-state index is 14.9. The molecule has 29 heavy (non-hydrogen) atoms. The molecule has 1 atom stereocenters. The predicted molar refractivity (Wildman–Crippen MR) is 103 cm³/mol. The summed E-state index contributed by atoms with van der Waals surface area (Å²) >= 11 is -2.48. The molecule has 1 aliphatic heterocycles. The van der Waals surface area contributed by atoms with Gasteiger partial charge in [-0.1, -0.05) is 0 Å². The molecule has 10 heteroatoms. The fourth-order valence-electron chi connectivity index (χ4n) is 3.42. The molecular weight excluding hydrogens is 400 g/mol. The van der Waals surface area contributed by atoms with Gasteiger partial charge in [-0.05, 0) is 43.9 Å². The Labute approximate surface area is 170 Å². The van der Waals surface area contributed by atoms with Crippen molar-refractivity contribution in [1.29, 1.82) is 0 Å². The zero-order valence-electron chi connectivity index (χ0n) is 15.6. The molecule has 0 spiro atoms. The van der Waals surface area contributed by atoms with Crippen molar-refractivity contribution in [3.05, 3.63) is 42.5 Å². The number of amides is 2. The Morgan fingerprint density at radius 2 is 1.90 bits per heavy atom. The normalized spacial score (nSPS) is 19.1. The van der Waals surface area contributed by atoms with Crippen molar-refractivity contribution >= 4 is 22.9 Å². The first-order valence-corrected chi connectivity index (χ1v) is 10.7. The molecule has 4 rings (SSSR count). The van der Waals surface area contributed by atoms with E-state index in [1.807, 2.05) is 0 Å². The standard InChI is InChI=1S/C19H21F2N5O2S/c20-19(21,29(28)16-3-4-17(22-12-16)13-1-2-13)14-6-9-26(10-7-14)18(27)25-15-5-8-23-24-11-15/h3-5,8,11-14H,1-2,6-7,9-10H2,(H,23,25,27). The van der Waals surface area contributed by atoms with Crippen LogP contribution >= 0.6 is 0 Å². The molecule has 3 heterocycles. The number of urea groups is 1. The summed E-state index contributed by atoms with van der Waals surface area (Å²) < 4.78 is 42.3. The van der Waals surface area contributed by atoms with Crippen molar-refractivity contribution in [3.8, 4) is 0 Å².